The third-order valence-electron chi connectivity index (χ3n) is 3.68. The van der Waals surface area contributed by atoms with Crippen LogP contribution in [0.5, 0.6) is 11.5 Å². The smallest absolute Gasteiger partial charge is 0.165 e. The molecule has 0 saturated heterocycles. The van der Waals surface area contributed by atoms with Crippen LogP contribution in [0.15, 0.2) is 24.3 Å². The molecule has 0 unspecified atom stereocenters. The fraction of sp³-hybridized carbons (Fsp3) is 0.412. The Morgan fingerprint density at radius 1 is 1.14 bits per heavy atom. The molecule has 0 fully saturated rings. The molecule has 0 atom stereocenters. The molecule has 1 N–H and O–H groups in total. The molecule has 0 saturated carbocycles. The highest BCUT2D eigenvalue weighted by molar-refractivity contribution is 7.12. The van der Waals surface area contributed by atoms with Gasteiger partial charge in [-0.2, -0.15) is 0 Å². The minimum atomic E-state index is 0.729. The number of para-hydroxylation sites is 1. The van der Waals surface area contributed by atoms with Crippen LogP contribution in [0.1, 0.15) is 27.3 Å². The molecule has 1 aromatic heterocycles. The van der Waals surface area contributed by atoms with E-state index in [9.17, 15) is 0 Å². The Kier molecular flexibility index (Phi) is 4.46. The molecule has 21 heavy (non-hydrogen) atoms. The predicted molar refractivity (Wildman–Crippen MR) is 86.4 cm³/mol. The first-order valence-corrected chi connectivity index (χ1v) is 8.20. The van der Waals surface area contributed by atoms with Crippen LogP contribution in [0.2, 0.25) is 0 Å². The molecule has 3 nitrogen and oxygen atoms in total. The topological polar surface area (TPSA) is 30.5 Å². The summed E-state index contributed by atoms with van der Waals surface area (Å²) in [5.41, 5.74) is 2.54. The van der Waals surface area contributed by atoms with Crippen molar-refractivity contribution in [2.24, 2.45) is 0 Å². The fourth-order valence-electron chi connectivity index (χ4n) is 2.45. The maximum absolute atomic E-state index is 5.84. The Balaban J connectivity index is 1.65. The molecule has 112 valence electrons. The minimum Gasteiger partial charge on any atom is -0.490 e. The van der Waals surface area contributed by atoms with Crippen LogP contribution in [-0.4, -0.2) is 13.2 Å². The first-order chi connectivity index (χ1) is 10.2. The van der Waals surface area contributed by atoms with Gasteiger partial charge in [-0.3, -0.25) is 0 Å². The summed E-state index contributed by atoms with van der Waals surface area (Å²) >= 11 is 1.86. The Hall–Kier alpha value is -1.52. The molecular weight excluding hydrogens is 282 g/mol. The third kappa shape index (κ3) is 3.39. The van der Waals surface area contributed by atoms with Gasteiger partial charge in [-0.1, -0.05) is 12.1 Å². The van der Waals surface area contributed by atoms with Gasteiger partial charge in [0.15, 0.2) is 11.5 Å². The van der Waals surface area contributed by atoms with Crippen molar-refractivity contribution < 1.29 is 9.47 Å². The first-order valence-electron chi connectivity index (χ1n) is 7.38. The summed E-state index contributed by atoms with van der Waals surface area (Å²) in [4.78, 5) is 2.78. The van der Waals surface area contributed by atoms with Crippen molar-refractivity contribution in [2.45, 2.75) is 33.4 Å². The van der Waals surface area contributed by atoms with Crippen molar-refractivity contribution in [3.05, 3.63) is 45.1 Å². The molecule has 3 rings (SSSR count). The van der Waals surface area contributed by atoms with E-state index in [0.717, 1.165) is 44.2 Å². The largest absolute Gasteiger partial charge is 0.490 e. The van der Waals surface area contributed by atoms with E-state index >= 15 is 0 Å². The zero-order chi connectivity index (χ0) is 14.7. The second-order valence-electron chi connectivity index (χ2n) is 5.35. The SMILES string of the molecule is Cc1cc(CNCc2cccc3c2OCCCO3)sc1C. The second-order valence-corrected chi connectivity index (χ2v) is 6.69. The lowest BCUT2D eigenvalue weighted by molar-refractivity contribution is 0.296. The van der Waals surface area contributed by atoms with Gasteiger partial charge in [0, 0.05) is 34.8 Å². The van der Waals surface area contributed by atoms with Gasteiger partial charge in [0.1, 0.15) is 0 Å². The van der Waals surface area contributed by atoms with Gasteiger partial charge < -0.3 is 14.8 Å². The van der Waals surface area contributed by atoms with Gasteiger partial charge in [-0.05, 0) is 31.5 Å². The van der Waals surface area contributed by atoms with Crippen LogP contribution in [0.25, 0.3) is 0 Å². The average molecular weight is 303 g/mol. The van der Waals surface area contributed by atoms with Gasteiger partial charge >= 0.3 is 0 Å². The number of rotatable bonds is 4. The van der Waals surface area contributed by atoms with E-state index in [2.05, 4.69) is 31.3 Å². The highest BCUT2D eigenvalue weighted by Crippen LogP contribution is 2.33. The van der Waals surface area contributed by atoms with Crippen LogP contribution in [0.4, 0.5) is 0 Å². The molecule has 1 aromatic carbocycles. The van der Waals surface area contributed by atoms with E-state index in [1.807, 2.05) is 23.5 Å². The molecule has 4 heteroatoms. The second kappa shape index (κ2) is 6.50. The van der Waals surface area contributed by atoms with Crippen LogP contribution in [0.3, 0.4) is 0 Å². The van der Waals surface area contributed by atoms with E-state index in [-0.39, 0.29) is 0 Å². The number of benzene rings is 1. The zero-order valence-electron chi connectivity index (χ0n) is 12.6. The predicted octanol–water partition coefficient (Wildman–Crippen LogP) is 3.82. The van der Waals surface area contributed by atoms with Crippen molar-refractivity contribution in [3.8, 4) is 11.5 Å². The molecule has 0 aliphatic carbocycles. The van der Waals surface area contributed by atoms with E-state index in [1.165, 1.54) is 20.9 Å². The number of aryl methyl sites for hydroxylation is 2. The molecule has 1 aliphatic heterocycles. The third-order valence-corrected chi connectivity index (χ3v) is 4.84. The Morgan fingerprint density at radius 3 is 2.81 bits per heavy atom. The molecule has 0 bridgehead atoms. The van der Waals surface area contributed by atoms with Gasteiger partial charge in [0.05, 0.1) is 13.2 Å². The minimum absolute atomic E-state index is 0.729. The molecule has 0 amide bonds. The van der Waals surface area contributed by atoms with E-state index in [1.54, 1.807) is 0 Å². The number of fused-ring (bicyclic) bond motifs is 1. The molecule has 2 heterocycles. The summed E-state index contributed by atoms with van der Waals surface area (Å²) in [5.74, 6) is 1.77. The summed E-state index contributed by atoms with van der Waals surface area (Å²) in [6.07, 6.45) is 0.940. The highest BCUT2D eigenvalue weighted by Gasteiger charge is 2.14. The van der Waals surface area contributed by atoms with Crippen LogP contribution in [-0.2, 0) is 13.1 Å². The van der Waals surface area contributed by atoms with Gasteiger partial charge in [-0.15, -0.1) is 11.3 Å². The fourth-order valence-corrected chi connectivity index (χ4v) is 3.47. The van der Waals surface area contributed by atoms with Crippen molar-refractivity contribution >= 4 is 11.3 Å². The quantitative estimate of drug-likeness (QED) is 0.931. The molecule has 0 spiro atoms. The van der Waals surface area contributed by atoms with Crippen LogP contribution < -0.4 is 14.8 Å². The summed E-state index contributed by atoms with van der Waals surface area (Å²) in [6, 6.07) is 8.38. The van der Waals surface area contributed by atoms with Crippen LogP contribution in [0, 0.1) is 13.8 Å². The van der Waals surface area contributed by atoms with Crippen molar-refractivity contribution in [1.82, 2.24) is 5.32 Å². The van der Waals surface area contributed by atoms with E-state index in [0.29, 0.717) is 0 Å². The number of hydrogen-bond acceptors (Lipinski definition) is 4. The van der Waals surface area contributed by atoms with E-state index in [4.69, 9.17) is 9.47 Å². The van der Waals surface area contributed by atoms with Crippen molar-refractivity contribution in [1.29, 1.82) is 0 Å². The van der Waals surface area contributed by atoms with Crippen molar-refractivity contribution in [2.75, 3.05) is 13.2 Å². The number of hydrogen-bond donors (Lipinski definition) is 1. The summed E-state index contributed by atoms with van der Waals surface area (Å²) in [7, 11) is 0. The number of thiophene rings is 1. The molecule has 0 radical (unpaired) electrons. The molecule has 1 aliphatic rings. The van der Waals surface area contributed by atoms with Crippen LogP contribution >= 0.6 is 11.3 Å². The Bertz CT molecular complexity index is 602. The number of ether oxygens (including phenoxy) is 2. The zero-order valence-corrected chi connectivity index (χ0v) is 13.4. The Labute approximate surface area is 129 Å². The van der Waals surface area contributed by atoms with E-state index < -0.39 is 0 Å². The lowest BCUT2D eigenvalue weighted by Crippen LogP contribution is -2.13. The van der Waals surface area contributed by atoms with Gasteiger partial charge in [0.25, 0.3) is 0 Å². The summed E-state index contributed by atoms with van der Waals surface area (Å²) in [5, 5.41) is 3.50. The lowest BCUT2D eigenvalue weighted by Gasteiger charge is -2.12. The summed E-state index contributed by atoms with van der Waals surface area (Å²) < 4.78 is 11.6. The maximum Gasteiger partial charge on any atom is 0.165 e. The Morgan fingerprint density at radius 2 is 2.00 bits per heavy atom. The normalized spacial score (nSPS) is 14.0. The van der Waals surface area contributed by atoms with Gasteiger partial charge in [-0.25, -0.2) is 0 Å². The molecular formula is C17H21NO2S. The van der Waals surface area contributed by atoms with Crippen molar-refractivity contribution in [3.63, 3.8) is 0 Å². The number of nitrogens with one attached hydrogen (secondary N) is 1. The molecule has 2 aromatic rings. The monoisotopic (exact) mass is 303 g/mol. The van der Waals surface area contributed by atoms with Gasteiger partial charge in [0.2, 0.25) is 0 Å². The lowest BCUT2D eigenvalue weighted by atomic mass is 10.2. The maximum atomic E-state index is 5.84. The first kappa shape index (κ1) is 14.4. The average Bonchev–Trinajstić information content (AvgIpc) is 2.68. The summed E-state index contributed by atoms with van der Waals surface area (Å²) in [6.45, 7) is 7.49. The highest BCUT2D eigenvalue weighted by atomic mass is 32.1. The standard InChI is InChI=1S/C17H21NO2S/c1-12-9-15(21-13(12)2)11-18-10-14-5-3-6-16-17(14)20-8-4-7-19-16/h3,5-6,9,18H,4,7-8,10-11H2,1-2H3.